The molecule has 0 fully saturated rings. The van der Waals surface area contributed by atoms with Crippen LogP contribution in [0.1, 0.15) is 12.0 Å². The third-order valence-electron chi connectivity index (χ3n) is 3.19. The number of carbonyl (C=O) groups excluding carboxylic acids is 1. The summed E-state index contributed by atoms with van der Waals surface area (Å²) in [5, 5.41) is 22.7. The molecule has 1 aliphatic heterocycles. The Hall–Kier alpha value is -2.28. The number of hydrogen-bond acceptors (Lipinski definition) is 4. The summed E-state index contributed by atoms with van der Waals surface area (Å²) in [6.07, 6.45) is -0.849. The van der Waals surface area contributed by atoms with Crippen LogP contribution in [0.15, 0.2) is 24.3 Å². The number of carboxylic acid groups (broad SMARTS) is 1. The van der Waals surface area contributed by atoms with Gasteiger partial charge in [-0.25, -0.2) is 9.59 Å². The first-order chi connectivity index (χ1) is 10.1. The second kappa shape index (κ2) is 6.94. The quantitative estimate of drug-likeness (QED) is 0.596. The van der Waals surface area contributed by atoms with Crippen molar-refractivity contribution in [3.63, 3.8) is 0 Å². The molecule has 2 rings (SSSR count). The Kier molecular flexibility index (Phi) is 4.99. The highest BCUT2D eigenvalue weighted by Crippen LogP contribution is 2.27. The van der Waals surface area contributed by atoms with Gasteiger partial charge in [-0.05, 0) is 11.6 Å². The zero-order valence-corrected chi connectivity index (χ0v) is 11.4. The average Bonchev–Trinajstić information content (AvgIpc) is 2.87. The molecule has 2 amide bonds. The lowest BCUT2D eigenvalue weighted by Gasteiger charge is -2.13. The van der Waals surface area contributed by atoms with Crippen LogP contribution in [0.25, 0.3) is 0 Å². The molecule has 2 atom stereocenters. The molecule has 0 spiro atoms. The summed E-state index contributed by atoms with van der Waals surface area (Å²) in [6.45, 7) is 0.451. The minimum atomic E-state index is -1.46. The summed E-state index contributed by atoms with van der Waals surface area (Å²) < 4.78 is 5.67. The lowest BCUT2D eigenvalue weighted by Crippen LogP contribution is -2.42. The number of amides is 2. The summed E-state index contributed by atoms with van der Waals surface area (Å²) in [7, 11) is 0. The third-order valence-corrected chi connectivity index (χ3v) is 3.19. The predicted molar refractivity (Wildman–Crippen MR) is 74.2 cm³/mol. The molecule has 7 heteroatoms. The van der Waals surface area contributed by atoms with Crippen molar-refractivity contribution >= 4 is 12.0 Å². The van der Waals surface area contributed by atoms with Crippen molar-refractivity contribution in [3.8, 4) is 5.75 Å². The summed E-state index contributed by atoms with van der Waals surface area (Å²) in [6, 6.07) is 7.31. The number of aliphatic hydroxyl groups is 1. The third kappa shape index (κ3) is 4.35. The van der Waals surface area contributed by atoms with Gasteiger partial charge in [0, 0.05) is 19.4 Å². The molecule has 1 aromatic rings. The molecular weight excluding hydrogens is 276 g/mol. The van der Waals surface area contributed by atoms with E-state index >= 15 is 0 Å². The van der Waals surface area contributed by atoms with E-state index < -0.39 is 18.1 Å². The van der Waals surface area contributed by atoms with Crippen LogP contribution in [0.2, 0.25) is 0 Å². The van der Waals surface area contributed by atoms with Crippen molar-refractivity contribution in [2.45, 2.75) is 25.0 Å². The van der Waals surface area contributed by atoms with Gasteiger partial charge in [0.05, 0.1) is 6.54 Å². The van der Waals surface area contributed by atoms with Crippen molar-refractivity contribution < 1.29 is 24.5 Å². The number of urea groups is 1. The van der Waals surface area contributed by atoms with Crippen LogP contribution in [-0.4, -0.2) is 47.5 Å². The van der Waals surface area contributed by atoms with E-state index in [1.165, 1.54) is 0 Å². The number of carbonyl (C=O) groups is 2. The van der Waals surface area contributed by atoms with E-state index in [0.717, 1.165) is 17.7 Å². The molecule has 0 saturated heterocycles. The maximum Gasteiger partial charge on any atom is 0.332 e. The maximum absolute atomic E-state index is 11.5. The summed E-state index contributed by atoms with van der Waals surface area (Å²) in [4.78, 5) is 21.9. The molecule has 0 aliphatic carbocycles. The summed E-state index contributed by atoms with van der Waals surface area (Å²) >= 11 is 0. The Morgan fingerprint density at radius 2 is 2.10 bits per heavy atom. The van der Waals surface area contributed by atoms with E-state index in [4.69, 9.17) is 14.9 Å². The fraction of sp³-hybridized carbons (Fsp3) is 0.429. The van der Waals surface area contributed by atoms with Gasteiger partial charge in [-0.3, -0.25) is 0 Å². The normalized spacial score (nSPS) is 17.5. The molecule has 21 heavy (non-hydrogen) atoms. The van der Waals surface area contributed by atoms with E-state index in [0.29, 0.717) is 6.54 Å². The standard InChI is InChI=1S/C14H18N2O5/c17-11(13(18)19)5-6-15-14(20)16-8-10-7-9-3-1-2-4-12(9)21-10/h1-4,10-11,17H,5-8H2,(H,18,19)(H2,15,16,20). The summed E-state index contributed by atoms with van der Waals surface area (Å²) in [5.41, 5.74) is 1.12. The van der Waals surface area contributed by atoms with Gasteiger partial charge >= 0.3 is 12.0 Å². The second-order valence-electron chi connectivity index (χ2n) is 4.83. The van der Waals surface area contributed by atoms with Crippen LogP contribution < -0.4 is 15.4 Å². The average molecular weight is 294 g/mol. The number of hydrogen-bond donors (Lipinski definition) is 4. The van der Waals surface area contributed by atoms with Gasteiger partial charge < -0.3 is 25.6 Å². The van der Waals surface area contributed by atoms with E-state index in [-0.39, 0.29) is 19.1 Å². The highest BCUT2D eigenvalue weighted by atomic mass is 16.5. The number of para-hydroxylation sites is 1. The largest absolute Gasteiger partial charge is 0.488 e. The van der Waals surface area contributed by atoms with Gasteiger partial charge in [0.25, 0.3) is 0 Å². The van der Waals surface area contributed by atoms with Crippen LogP contribution in [0, 0.1) is 0 Å². The van der Waals surface area contributed by atoms with Gasteiger partial charge in [-0.2, -0.15) is 0 Å². The molecule has 1 aromatic carbocycles. The van der Waals surface area contributed by atoms with E-state index in [1.807, 2.05) is 24.3 Å². The minimum Gasteiger partial charge on any atom is -0.488 e. The van der Waals surface area contributed by atoms with Crippen LogP contribution in [0.3, 0.4) is 0 Å². The Labute approximate surface area is 121 Å². The fourth-order valence-corrected chi connectivity index (χ4v) is 2.08. The number of aliphatic carboxylic acids is 1. The first-order valence-electron chi connectivity index (χ1n) is 6.73. The zero-order chi connectivity index (χ0) is 15.2. The molecule has 0 saturated carbocycles. The molecule has 0 aromatic heterocycles. The van der Waals surface area contributed by atoms with Crippen LogP contribution >= 0.6 is 0 Å². The number of nitrogens with one attached hydrogen (secondary N) is 2. The van der Waals surface area contributed by atoms with Crippen molar-refractivity contribution in [2.75, 3.05) is 13.1 Å². The Bertz CT molecular complexity index is 495. The Morgan fingerprint density at radius 1 is 1.33 bits per heavy atom. The maximum atomic E-state index is 11.5. The molecule has 7 nitrogen and oxygen atoms in total. The molecule has 2 unspecified atom stereocenters. The monoisotopic (exact) mass is 294 g/mol. The molecule has 4 N–H and O–H groups in total. The van der Waals surface area contributed by atoms with Crippen molar-refractivity contribution in [2.24, 2.45) is 0 Å². The highest BCUT2D eigenvalue weighted by Gasteiger charge is 2.22. The van der Waals surface area contributed by atoms with Gasteiger partial charge in [0.15, 0.2) is 6.10 Å². The van der Waals surface area contributed by atoms with E-state index in [9.17, 15) is 9.59 Å². The molecule has 114 valence electrons. The predicted octanol–water partition coefficient (Wildman–Crippen LogP) is 0.125. The van der Waals surface area contributed by atoms with Gasteiger partial charge in [-0.15, -0.1) is 0 Å². The summed E-state index contributed by atoms with van der Waals surface area (Å²) in [5.74, 6) is -0.455. The highest BCUT2D eigenvalue weighted by molar-refractivity contribution is 5.74. The van der Waals surface area contributed by atoms with Gasteiger partial charge in [0.2, 0.25) is 0 Å². The van der Waals surface area contributed by atoms with Gasteiger partial charge in [0.1, 0.15) is 11.9 Å². The van der Waals surface area contributed by atoms with Crippen molar-refractivity contribution in [1.29, 1.82) is 0 Å². The first kappa shape index (κ1) is 15.1. The molecule has 0 bridgehead atoms. The first-order valence-corrected chi connectivity index (χ1v) is 6.73. The Morgan fingerprint density at radius 3 is 2.81 bits per heavy atom. The zero-order valence-electron chi connectivity index (χ0n) is 11.4. The molecule has 0 radical (unpaired) electrons. The van der Waals surface area contributed by atoms with E-state index in [1.54, 1.807) is 0 Å². The minimum absolute atomic E-state index is 0.0336. The Balaban J connectivity index is 1.63. The number of carboxylic acids is 1. The number of ether oxygens (including phenoxy) is 1. The van der Waals surface area contributed by atoms with E-state index in [2.05, 4.69) is 10.6 Å². The topological polar surface area (TPSA) is 108 Å². The van der Waals surface area contributed by atoms with Crippen LogP contribution in [-0.2, 0) is 11.2 Å². The lowest BCUT2D eigenvalue weighted by atomic mass is 10.1. The number of benzene rings is 1. The number of fused-ring (bicyclic) bond motifs is 1. The van der Waals surface area contributed by atoms with Crippen LogP contribution in [0.5, 0.6) is 5.75 Å². The van der Waals surface area contributed by atoms with Gasteiger partial charge in [-0.1, -0.05) is 18.2 Å². The fourth-order valence-electron chi connectivity index (χ4n) is 2.08. The smallest absolute Gasteiger partial charge is 0.332 e. The molecule has 1 heterocycles. The molecular formula is C14H18N2O5. The van der Waals surface area contributed by atoms with Crippen molar-refractivity contribution in [1.82, 2.24) is 10.6 Å². The van der Waals surface area contributed by atoms with Crippen LogP contribution in [0.4, 0.5) is 4.79 Å². The number of aliphatic hydroxyl groups excluding tert-OH is 1. The SMILES string of the molecule is O=C(NCCC(O)C(=O)O)NCC1Cc2ccccc2O1. The second-order valence-corrected chi connectivity index (χ2v) is 4.83. The molecule has 1 aliphatic rings. The number of rotatable bonds is 6. The van der Waals surface area contributed by atoms with Crippen molar-refractivity contribution in [3.05, 3.63) is 29.8 Å². The lowest BCUT2D eigenvalue weighted by molar-refractivity contribution is -0.146.